The van der Waals surface area contributed by atoms with Crippen LogP contribution in [0.15, 0.2) is 6.33 Å². The summed E-state index contributed by atoms with van der Waals surface area (Å²) in [5, 5.41) is 9.58. The fraction of sp³-hybridized carbons (Fsp3) is 0.733. The number of amides is 1. The SMILES string of the molecule is CS(=O)(=O)N1CCc2[nH]cnc2C12CCN(C(=O)C[C@H](O)CN)CC2. The number of rotatable bonds is 4. The zero-order chi connectivity index (χ0) is 18.2. The second kappa shape index (κ2) is 6.67. The number of nitrogens with one attached hydrogen (secondary N) is 1. The average molecular weight is 371 g/mol. The number of hydrogen-bond donors (Lipinski definition) is 3. The van der Waals surface area contributed by atoms with Crippen LogP contribution in [0.2, 0.25) is 0 Å². The van der Waals surface area contributed by atoms with Crippen LogP contribution in [0.3, 0.4) is 0 Å². The number of imidazole rings is 1. The minimum atomic E-state index is -3.40. The number of aliphatic hydroxyl groups excluding tert-OH is 1. The van der Waals surface area contributed by atoms with Crippen molar-refractivity contribution in [2.24, 2.45) is 5.73 Å². The number of aromatic amines is 1. The van der Waals surface area contributed by atoms with Crippen LogP contribution in [0, 0.1) is 0 Å². The van der Waals surface area contributed by atoms with Crippen LogP contribution in [0.5, 0.6) is 0 Å². The summed E-state index contributed by atoms with van der Waals surface area (Å²) in [6.07, 6.45) is 3.56. The van der Waals surface area contributed by atoms with Crippen LogP contribution in [-0.4, -0.2) is 77.1 Å². The summed E-state index contributed by atoms with van der Waals surface area (Å²) < 4.78 is 26.2. The molecule has 1 saturated heterocycles. The molecule has 25 heavy (non-hydrogen) atoms. The first-order chi connectivity index (χ1) is 11.8. The maximum absolute atomic E-state index is 12.4. The summed E-state index contributed by atoms with van der Waals surface area (Å²) in [5.74, 6) is -0.156. The van der Waals surface area contributed by atoms with Gasteiger partial charge in [-0.3, -0.25) is 4.79 Å². The van der Waals surface area contributed by atoms with E-state index in [2.05, 4.69) is 9.97 Å². The third kappa shape index (κ3) is 3.31. The van der Waals surface area contributed by atoms with Gasteiger partial charge in [-0.1, -0.05) is 0 Å². The molecule has 4 N–H and O–H groups in total. The molecule has 1 atom stereocenters. The van der Waals surface area contributed by atoms with E-state index < -0.39 is 21.7 Å². The van der Waals surface area contributed by atoms with Crippen LogP contribution in [0.25, 0.3) is 0 Å². The van der Waals surface area contributed by atoms with Crippen molar-refractivity contribution in [1.29, 1.82) is 0 Å². The topological polar surface area (TPSA) is 133 Å². The first-order valence-electron chi connectivity index (χ1n) is 8.44. The smallest absolute Gasteiger partial charge is 0.225 e. The molecule has 1 aromatic rings. The van der Waals surface area contributed by atoms with Gasteiger partial charge in [0.15, 0.2) is 0 Å². The molecule has 2 aliphatic heterocycles. The van der Waals surface area contributed by atoms with E-state index in [0.717, 1.165) is 11.4 Å². The number of aromatic nitrogens is 2. The molecule has 0 saturated carbocycles. The van der Waals surface area contributed by atoms with E-state index in [1.807, 2.05) is 0 Å². The fourth-order valence-electron chi connectivity index (χ4n) is 3.97. The van der Waals surface area contributed by atoms with Crippen LogP contribution in [-0.2, 0) is 26.8 Å². The van der Waals surface area contributed by atoms with Crippen molar-refractivity contribution in [2.45, 2.75) is 37.3 Å². The van der Waals surface area contributed by atoms with Crippen LogP contribution >= 0.6 is 0 Å². The van der Waals surface area contributed by atoms with E-state index in [0.29, 0.717) is 38.9 Å². The molecule has 1 fully saturated rings. The summed E-state index contributed by atoms with van der Waals surface area (Å²) in [5.41, 5.74) is 6.41. The molecular formula is C15H25N5O4S. The number of likely N-dealkylation sites (tertiary alicyclic amines) is 1. The quantitative estimate of drug-likeness (QED) is 0.606. The summed E-state index contributed by atoms with van der Waals surface area (Å²) in [7, 11) is -3.40. The van der Waals surface area contributed by atoms with Crippen molar-refractivity contribution < 1.29 is 18.3 Å². The predicted molar refractivity (Wildman–Crippen MR) is 91.0 cm³/mol. The Morgan fingerprint density at radius 3 is 2.72 bits per heavy atom. The Morgan fingerprint density at radius 2 is 2.12 bits per heavy atom. The number of nitrogens with zero attached hydrogens (tertiary/aromatic N) is 3. The number of fused-ring (bicyclic) bond motifs is 2. The molecule has 0 bridgehead atoms. The molecule has 0 radical (unpaired) electrons. The molecule has 0 aliphatic carbocycles. The number of carbonyl (C=O) groups is 1. The Morgan fingerprint density at radius 1 is 1.44 bits per heavy atom. The van der Waals surface area contributed by atoms with E-state index >= 15 is 0 Å². The average Bonchev–Trinajstić information content (AvgIpc) is 3.04. The highest BCUT2D eigenvalue weighted by Crippen LogP contribution is 2.43. The summed E-state index contributed by atoms with van der Waals surface area (Å²) in [4.78, 5) is 21.5. The van der Waals surface area contributed by atoms with Gasteiger partial charge in [-0.25, -0.2) is 13.4 Å². The Labute approximate surface area is 147 Å². The Balaban J connectivity index is 1.83. The van der Waals surface area contributed by atoms with Crippen LogP contribution in [0.1, 0.15) is 30.7 Å². The monoisotopic (exact) mass is 371 g/mol. The number of piperidine rings is 1. The van der Waals surface area contributed by atoms with Crippen molar-refractivity contribution in [3.05, 3.63) is 17.7 Å². The van der Waals surface area contributed by atoms with Gasteiger partial charge in [0.1, 0.15) is 0 Å². The third-order valence-corrected chi connectivity index (χ3v) is 6.56. The van der Waals surface area contributed by atoms with Gasteiger partial charge in [0, 0.05) is 38.3 Å². The van der Waals surface area contributed by atoms with Crippen molar-refractivity contribution in [1.82, 2.24) is 19.2 Å². The molecule has 3 heterocycles. The number of sulfonamides is 1. The van der Waals surface area contributed by atoms with Crippen molar-refractivity contribution in [3.8, 4) is 0 Å². The maximum atomic E-state index is 12.4. The van der Waals surface area contributed by atoms with Crippen LogP contribution in [0.4, 0.5) is 0 Å². The van der Waals surface area contributed by atoms with Gasteiger partial charge in [0.05, 0.1) is 36.3 Å². The second-order valence-corrected chi connectivity index (χ2v) is 8.73. The summed E-state index contributed by atoms with van der Waals surface area (Å²) in [6.45, 7) is 1.30. The summed E-state index contributed by atoms with van der Waals surface area (Å²) in [6, 6.07) is 0. The molecular weight excluding hydrogens is 346 g/mol. The van der Waals surface area contributed by atoms with Gasteiger partial charge >= 0.3 is 0 Å². The van der Waals surface area contributed by atoms with Crippen LogP contribution < -0.4 is 5.73 Å². The normalized spacial score (nSPS) is 22.0. The second-order valence-electron chi connectivity index (χ2n) is 6.82. The summed E-state index contributed by atoms with van der Waals surface area (Å²) >= 11 is 0. The number of aliphatic hydroxyl groups is 1. The molecule has 9 nitrogen and oxygen atoms in total. The van der Waals surface area contributed by atoms with E-state index in [9.17, 15) is 18.3 Å². The van der Waals surface area contributed by atoms with Crippen molar-refractivity contribution in [3.63, 3.8) is 0 Å². The van der Waals surface area contributed by atoms with E-state index in [1.54, 1.807) is 15.5 Å². The Bertz CT molecular complexity index is 739. The zero-order valence-electron chi connectivity index (χ0n) is 14.3. The number of nitrogens with two attached hydrogens (primary N) is 1. The zero-order valence-corrected chi connectivity index (χ0v) is 15.1. The predicted octanol–water partition coefficient (Wildman–Crippen LogP) is -1.25. The standard InChI is InChI=1S/C15H25N5O4S/c1-25(23,24)20-5-2-12-14(18-10-17-12)15(20)3-6-19(7-4-15)13(22)8-11(21)9-16/h10-11,21H,2-9,16H2,1H3,(H,17,18)/t11-/m0/s1. The molecule has 1 amide bonds. The highest BCUT2D eigenvalue weighted by Gasteiger charge is 2.50. The highest BCUT2D eigenvalue weighted by molar-refractivity contribution is 7.88. The van der Waals surface area contributed by atoms with E-state index in [4.69, 9.17) is 5.73 Å². The molecule has 0 aromatic carbocycles. The lowest BCUT2D eigenvalue weighted by Gasteiger charge is -2.49. The van der Waals surface area contributed by atoms with Gasteiger partial charge in [-0.05, 0) is 12.8 Å². The molecule has 0 unspecified atom stereocenters. The van der Waals surface area contributed by atoms with Gasteiger partial charge in [0.25, 0.3) is 0 Å². The maximum Gasteiger partial charge on any atom is 0.225 e. The third-order valence-electron chi connectivity index (χ3n) is 5.23. The fourth-order valence-corrected chi connectivity index (χ4v) is 5.29. The lowest BCUT2D eigenvalue weighted by Crippen LogP contribution is -2.58. The molecule has 2 aliphatic rings. The molecule has 10 heteroatoms. The molecule has 140 valence electrons. The minimum Gasteiger partial charge on any atom is -0.391 e. The Hall–Kier alpha value is -1.49. The van der Waals surface area contributed by atoms with Gasteiger partial charge < -0.3 is 20.7 Å². The van der Waals surface area contributed by atoms with E-state index in [-0.39, 0.29) is 18.9 Å². The lowest BCUT2D eigenvalue weighted by molar-refractivity contribution is -0.135. The van der Waals surface area contributed by atoms with Gasteiger partial charge in [-0.15, -0.1) is 0 Å². The van der Waals surface area contributed by atoms with Crippen molar-refractivity contribution >= 4 is 15.9 Å². The number of hydrogen-bond acceptors (Lipinski definition) is 6. The van der Waals surface area contributed by atoms with Crippen molar-refractivity contribution in [2.75, 3.05) is 32.4 Å². The largest absolute Gasteiger partial charge is 0.391 e. The molecule has 1 aromatic heterocycles. The Kier molecular flexibility index (Phi) is 4.89. The van der Waals surface area contributed by atoms with Gasteiger partial charge in [-0.2, -0.15) is 4.31 Å². The lowest BCUT2D eigenvalue weighted by atomic mass is 9.80. The van der Waals surface area contributed by atoms with E-state index in [1.165, 1.54) is 6.26 Å². The first kappa shape index (κ1) is 18.3. The molecule has 3 rings (SSSR count). The number of carbonyl (C=O) groups excluding carboxylic acids is 1. The molecule has 1 spiro atoms. The number of H-pyrrole nitrogens is 1. The van der Waals surface area contributed by atoms with Gasteiger partial charge in [0.2, 0.25) is 15.9 Å². The first-order valence-corrected chi connectivity index (χ1v) is 10.3. The highest BCUT2D eigenvalue weighted by atomic mass is 32.2. The minimum absolute atomic E-state index is 0.00700.